The molecule has 6 nitrogen and oxygen atoms in total. The number of carbonyl (C=O) groups is 1. The van der Waals surface area contributed by atoms with E-state index in [-0.39, 0.29) is 11.7 Å². The van der Waals surface area contributed by atoms with E-state index < -0.39 is 28.5 Å². The van der Waals surface area contributed by atoms with Gasteiger partial charge in [0.1, 0.15) is 12.4 Å². The van der Waals surface area contributed by atoms with Gasteiger partial charge >= 0.3 is 10.2 Å². The Kier molecular flexibility index (Phi) is 6.00. The van der Waals surface area contributed by atoms with Gasteiger partial charge in [0, 0.05) is 14.1 Å². The maximum atomic E-state index is 14.3. The first kappa shape index (κ1) is 20.3. The number of fused-ring (bicyclic) bond motifs is 1. The van der Waals surface area contributed by atoms with Crippen molar-refractivity contribution in [2.75, 3.05) is 24.9 Å². The Balaban J connectivity index is 1.84. The maximum Gasteiger partial charge on any atom is 0.304 e. The molecule has 0 bridgehead atoms. The number of aryl methyl sites for hydroxylation is 1. The summed E-state index contributed by atoms with van der Waals surface area (Å²) in [6.07, 6.45) is 2.68. The van der Waals surface area contributed by atoms with Crippen LogP contribution in [-0.2, 0) is 21.4 Å². The van der Waals surface area contributed by atoms with Gasteiger partial charge < -0.3 is 5.32 Å². The van der Waals surface area contributed by atoms with Crippen molar-refractivity contribution in [2.24, 2.45) is 0 Å². The Labute approximate surface area is 165 Å². The van der Waals surface area contributed by atoms with Crippen molar-refractivity contribution in [1.29, 1.82) is 0 Å². The normalized spacial score (nSPS) is 16.5. The van der Waals surface area contributed by atoms with Gasteiger partial charge in [-0.3, -0.25) is 4.79 Å². The number of hydrogen-bond donors (Lipinski definition) is 1. The number of rotatable bonds is 6. The van der Waals surface area contributed by atoms with Crippen LogP contribution in [0.5, 0.6) is 0 Å². The summed E-state index contributed by atoms with van der Waals surface area (Å²) in [4.78, 5) is 12.7. The molecule has 0 fully saturated rings. The molecular weight excluding hydrogens is 381 g/mol. The highest BCUT2D eigenvalue weighted by Gasteiger charge is 2.30. The number of hydrogen-bond acceptors (Lipinski definition) is 3. The van der Waals surface area contributed by atoms with Crippen molar-refractivity contribution < 1.29 is 17.6 Å². The van der Waals surface area contributed by atoms with Crippen LogP contribution in [-0.4, -0.2) is 39.3 Å². The molecule has 1 amide bonds. The molecule has 0 unspecified atom stereocenters. The highest BCUT2D eigenvalue weighted by Crippen LogP contribution is 2.29. The zero-order valence-electron chi connectivity index (χ0n) is 15.9. The van der Waals surface area contributed by atoms with Crippen LogP contribution in [0.25, 0.3) is 0 Å². The van der Waals surface area contributed by atoms with E-state index in [1.807, 2.05) is 24.3 Å². The highest BCUT2D eigenvalue weighted by molar-refractivity contribution is 7.90. The third-order valence-electron chi connectivity index (χ3n) is 4.85. The minimum absolute atomic E-state index is 0.157. The van der Waals surface area contributed by atoms with Crippen molar-refractivity contribution >= 4 is 21.8 Å². The Morgan fingerprint density at radius 3 is 2.54 bits per heavy atom. The topological polar surface area (TPSA) is 69.7 Å². The van der Waals surface area contributed by atoms with E-state index in [2.05, 4.69) is 5.32 Å². The van der Waals surface area contributed by atoms with Crippen molar-refractivity contribution in [1.82, 2.24) is 9.62 Å². The van der Waals surface area contributed by atoms with Crippen molar-refractivity contribution in [3.05, 3.63) is 65.5 Å². The molecule has 0 saturated heterocycles. The third-order valence-corrected chi connectivity index (χ3v) is 6.66. The maximum absolute atomic E-state index is 14.3. The van der Waals surface area contributed by atoms with Gasteiger partial charge in [0.2, 0.25) is 5.91 Å². The first-order valence-corrected chi connectivity index (χ1v) is 10.5. The SMILES string of the molecule is CN(C)S(=O)(=O)N(CC(=O)N[C@H]1CCCc2ccccc21)c1ccccc1F. The molecule has 0 spiro atoms. The van der Waals surface area contributed by atoms with Crippen LogP contribution >= 0.6 is 0 Å². The Hall–Kier alpha value is -2.45. The lowest BCUT2D eigenvalue weighted by atomic mass is 9.88. The van der Waals surface area contributed by atoms with Gasteiger partial charge in [-0.15, -0.1) is 0 Å². The molecule has 0 radical (unpaired) electrons. The van der Waals surface area contributed by atoms with Crippen molar-refractivity contribution in [3.63, 3.8) is 0 Å². The molecule has 1 N–H and O–H groups in total. The number of halogens is 1. The molecule has 0 heterocycles. The van der Waals surface area contributed by atoms with Gasteiger partial charge in [0.15, 0.2) is 0 Å². The van der Waals surface area contributed by atoms with E-state index in [1.165, 1.54) is 43.9 Å². The lowest BCUT2D eigenvalue weighted by Crippen LogP contribution is -2.47. The summed E-state index contributed by atoms with van der Waals surface area (Å²) in [5.74, 6) is -1.18. The van der Waals surface area contributed by atoms with Gasteiger partial charge in [-0.1, -0.05) is 36.4 Å². The van der Waals surface area contributed by atoms with Crippen LogP contribution in [0.4, 0.5) is 10.1 Å². The molecule has 1 atom stereocenters. The molecule has 0 aliphatic heterocycles. The number of benzene rings is 2. The second kappa shape index (κ2) is 8.28. The molecule has 1 aliphatic rings. The van der Waals surface area contributed by atoms with E-state index >= 15 is 0 Å². The molecule has 0 aromatic heterocycles. The number of nitrogens with one attached hydrogen (secondary N) is 1. The summed E-state index contributed by atoms with van der Waals surface area (Å²) in [6.45, 7) is -0.500. The largest absolute Gasteiger partial charge is 0.348 e. The van der Waals surface area contributed by atoms with Gasteiger partial charge in [-0.2, -0.15) is 12.7 Å². The smallest absolute Gasteiger partial charge is 0.304 e. The molecule has 2 aromatic carbocycles. The summed E-state index contributed by atoms with van der Waals surface area (Å²) in [6, 6.07) is 13.2. The summed E-state index contributed by atoms with van der Waals surface area (Å²) < 4.78 is 41.5. The summed E-state index contributed by atoms with van der Waals surface area (Å²) >= 11 is 0. The van der Waals surface area contributed by atoms with Crippen LogP contribution in [0, 0.1) is 5.82 Å². The summed E-state index contributed by atoms with van der Waals surface area (Å²) in [5, 5.41) is 2.92. The average molecular weight is 405 g/mol. The molecule has 8 heteroatoms. The monoisotopic (exact) mass is 405 g/mol. The van der Waals surface area contributed by atoms with Crippen LogP contribution in [0.3, 0.4) is 0 Å². The van der Waals surface area contributed by atoms with Gasteiger partial charge in [0.05, 0.1) is 11.7 Å². The lowest BCUT2D eigenvalue weighted by Gasteiger charge is -2.30. The summed E-state index contributed by atoms with van der Waals surface area (Å²) in [5.41, 5.74) is 2.08. The quantitative estimate of drug-likeness (QED) is 0.803. The van der Waals surface area contributed by atoms with Gasteiger partial charge in [-0.05, 0) is 42.5 Å². The zero-order valence-corrected chi connectivity index (χ0v) is 16.7. The molecule has 2 aromatic rings. The van der Waals surface area contributed by atoms with Crippen molar-refractivity contribution in [2.45, 2.75) is 25.3 Å². The average Bonchev–Trinajstić information content (AvgIpc) is 2.67. The van der Waals surface area contributed by atoms with E-state index in [0.29, 0.717) is 0 Å². The molecule has 150 valence electrons. The first-order chi connectivity index (χ1) is 13.3. The second-order valence-corrected chi connectivity index (χ2v) is 9.03. The number of amides is 1. The number of para-hydroxylation sites is 1. The second-order valence-electron chi connectivity index (χ2n) is 6.96. The number of carbonyl (C=O) groups excluding carboxylic acids is 1. The molecular formula is C20H24FN3O3S. The van der Waals surface area contributed by atoms with Crippen LogP contribution in [0.2, 0.25) is 0 Å². The molecule has 3 rings (SSSR count). The predicted octanol–water partition coefficient (Wildman–Crippen LogP) is 2.63. The summed E-state index contributed by atoms with van der Waals surface area (Å²) in [7, 11) is -1.35. The van der Waals surface area contributed by atoms with E-state index in [9.17, 15) is 17.6 Å². The fourth-order valence-electron chi connectivity index (χ4n) is 3.42. The predicted molar refractivity (Wildman–Crippen MR) is 107 cm³/mol. The van der Waals surface area contributed by atoms with Crippen LogP contribution < -0.4 is 9.62 Å². The van der Waals surface area contributed by atoms with Gasteiger partial charge in [0.25, 0.3) is 0 Å². The van der Waals surface area contributed by atoms with Crippen molar-refractivity contribution in [3.8, 4) is 0 Å². The van der Waals surface area contributed by atoms with Crippen LogP contribution in [0.15, 0.2) is 48.5 Å². The van der Waals surface area contributed by atoms with E-state index in [4.69, 9.17) is 0 Å². The minimum atomic E-state index is -4.05. The van der Waals surface area contributed by atoms with E-state index in [0.717, 1.165) is 33.4 Å². The highest BCUT2D eigenvalue weighted by atomic mass is 32.2. The number of anilines is 1. The molecule has 0 saturated carbocycles. The fraction of sp³-hybridized carbons (Fsp3) is 0.350. The Bertz CT molecular complexity index is 963. The lowest BCUT2D eigenvalue weighted by molar-refractivity contribution is -0.120. The zero-order chi connectivity index (χ0) is 20.3. The molecule has 28 heavy (non-hydrogen) atoms. The van der Waals surface area contributed by atoms with Crippen LogP contribution in [0.1, 0.15) is 30.0 Å². The third kappa shape index (κ3) is 4.18. The van der Waals surface area contributed by atoms with Gasteiger partial charge in [-0.25, -0.2) is 8.70 Å². The standard InChI is InChI=1S/C20H24FN3O3S/c1-23(2)28(26,27)24(19-13-6-5-11-17(19)21)14-20(25)22-18-12-7-9-15-8-3-4-10-16(15)18/h3-6,8,10-11,13,18H,7,9,12,14H2,1-2H3,(H,22,25)/t18-/m0/s1. The fourth-order valence-corrected chi connectivity index (χ4v) is 4.49. The molecule has 1 aliphatic carbocycles. The Morgan fingerprint density at radius 2 is 1.82 bits per heavy atom. The minimum Gasteiger partial charge on any atom is -0.348 e. The first-order valence-electron chi connectivity index (χ1n) is 9.12. The number of nitrogens with zero attached hydrogens (tertiary/aromatic N) is 2. The Morgan fingerprint density at radius 1 is 1.14 bits per heavy atom. The van der Waals surface area contributed by atoms with E-state index in [1.54, 1.807) is 0 Å².